The van der Waals surface area contributed by atoms with E-state index in [0.717, 1.165) is 31.0 Å². The van der Waals surface area contributed by atoms with Gasteiger partial charge in [0.25, 0.3) is 0 Å². The molecule has 6 heteroatoms. The molecule has 0 atom stereocenters. The quantitative estimate of drug-likeness (QED) is 0.370. The molecule has 0 aromatic heterocycles. The standard InChI is InChI=1S/C20H32N2O.C8H9Cl.CH3NO/c1-15(2)19-7-6-16(3)20(14-19)18-8-12-22(13-9-18)11-5-10-21-17(4)23;1-2-7-3-5-8(9)6-4-7;2-1-3/h6-7,14-15,18H,5,8-13H2,1-4H3,(H,21,23);3-6H,2H2,1H3;1H,(H2,2,3). The number of primary amides is 1. The van der Waals surface area contributed by atoms with Crippen LogP contribution in [0.1, 0.15) is 81.0 Å². The molecule has 2 aromatic rings. The molecule has 0 saturated carbocycles. The highest BCUT2D eigenvalue weighted by Gasteiger charge is 2.22. The molecule has 2 amide bonds. The van der Waals surface area contributed by atoms with Crippen molar-refractivity contribution in [3.8, 4) is 0 Å². The van der Waals surface area contributed by atoms with Gasteiger partial charge >= 0.3 is 0 Å². The molecule has 3 rings (SSSR count). The van der Waals surface area contributed by atoms with E-state index in [0.29, 0.717) is 11.8 Å². The molecule has 1 aliphatic rings. The molecular weight excluding hydrogens is 458 g/mol. The van der Waals surface area contributed by atoms with Gasteiger partial charge in [-0.3, -0.25) is 9.59 Å². The third-order valence-electron chi connectivity index (χ3n) is 6.34. The van der Waals surface area contributed by atoms with Gasteiger partial charge in [0.1, 0.15) is 0 Å². The SMILES string of the molecule is CC(=O)NCCCN1CCC(c2cc(C(C)C)ccc2C)CC1.CCc1ccc(Cl)cc1.NC=O. The second-order valence-corrected chi connectivity index (χ2v) is 9.78. The summed E-state index contributed by atoms with van der Waals surface area (Å²) in [7, 11) is 0. The van der Waals surface area contributed by atoms with Gasteiger partial charge in [0.2, 0.25) is 12.3 Å². The lowest BCUT2D eigenvalue weighted by molar-refractivity contribution is -0.119. The van der Waals surface area contributed by atoms with Crippen molar-refractivity contribution in [2.75, 3.05) is 26.2 Å². The first-order chi connectivity index (χ1) is 16.7. The van der Waals surface area contributed by atoms with Crippen molar-refractivity contribution in [1.29, 1.82) is 0 Å². The maximum Gasteiger partial charge on any atom is 0.216 e. The Morgan fingerprint density at radius 1 is 1.17 bits per heavy atom. The smallest absolute Gasteiger partial charge is 0.216 e. The number of nitrogens with zero attached hydrogens (tertiary/aromatic N) is 1. The van der Waals surface area contributed by atoms with Gasteiger partial charge in [-0.2, -0.15) is 0 Å². The number of likely N-dealkylation sites (tertiary alicyclic amines) is 1. The number of nitrogens with one attached hydrogen (secondary N) is 1. The van der Waals surface area contributed by atoms with Crippen molar-refractivity contribution in [2.45, 2.75) is 72.1 Å². The fourth-order valence-corrected chi connectivity index (χ4v) is 4.34. The van der Waals surface area contributed by atoms with Crippen molar-refractivity contribution in [3.63, 3.8) is 0 Å². The molecule has 194 valence electrons. The first-order valence-corrected chi connectivity index (χ1v) is 13.1. The molecule has 1 fully saturated rings. The van der Waals surface area contributed by atoms with Crippen LogP contribution < -0.4 is 11.1 Å². The molecule has 3 N–H and O–H groups in total. The van der Waals surface area contributed by atoms with Crippen LogP contribution in [-0.2, 0) is 16.0 Å². The Hall–Kier alpha value is -2.37. The van der Waals surface area contributed by atoms with Crippen molar-refractivity contribution in [1.82, 2.24) is 10.2 Å². The molecule has 1 saturated heterocycles. The molecule has 0 spiro atoms. The zero-order valence-electron chi connectivity index (χ0n) is 22.1. The summed E-state index contributed by atoms with van der Waals surface area (Å²) in [6.07, 6.45) is 4.88. The summed E-state index contributed by atoms with van der Waals surface area (Å²) in [6.45, 7) is 14.7. The predicted octanol–water partition coefficient (Wildman–Crippen LogP) is 5.83. The van der Waals surface area contributed by atoms with Gasteiger partial charge in [-0.25, -0.2) is 0 Å². The van der Waals surface area contributed by atoms with Crippen LogP contribution in [0, 0.1) is 6.92 Å². The van der Waals surface area contributed by atoms with E-state index in [-0.39, 0.29) is 12.3 Å². The minimum absolute atomic E-state index is 0.0733. The average Bonchev–Trinajstić information content (AvgIpc) is 2.84. The van der Waals surface area contributed by atoms with E-state index in [1.165, 1.54) is 42.6 Å². The van der Waals surface area contributed by atoms with Gasteiger partial charge in [-0.1, -0.05) is 62.7 Å². The van der Waals surface area contributed by atoms with Gasteiger partial charge < -0.3 is 16.0 Å². The third kappa shape index (κ3) is 12.2. The number of carbonyl (C=O) groups excluding carboxylic acids is 2. The third-order valence-corrected chi connectivity index (χ3v) is 6.60. The summed E-state index contributed by atoms with van der Waals surface area (Å²) < 4.78 is 0. The molecule has 0 radical (unpaired) electrons. The highest BCUT2D eigenvalue weighted by Crippen LogP contribution is 2.32. The Morgan fingerprint density at radius 3 is 2.29 bits per heavy atom. The Morgan fingerprint density at radius 2 is 1.77 bits per heavy atom. The van der Waals surface area contributed by atoms with E-state index in [2.05, 4.69) is 61.8 Å². The second kappa shape index (κ2) is 17.1. The lowest BCUT2D eigenvalue weighted by atomic mass is 9.84. The van der Waals surface area contributed by atoms with Gasteiger partial charge in [0.05, 0.1) is 0 Å². The molecule has 0 aliphatic carbocycles. The largest absolute Gasteiger partial charge is 0.372 e. The molecule has 1 aliphatic heterocycles. The minimum atomic E-state index is 0.0733. The zero-order valence-corrected chi connectivity index (χ0v) is 22.9. The van der Waals surface area contributed by atoms with Gasteiger partial charge in [0, 0.05) is 18.5 Å². The second-order valence-electron chi connectivity index (χ2n) is 9.34. The van der Waals surface area contributed by atoms with Crippen LogP contribution in [0.2, 0.25) is 5.02 Å². The lowest BCUT2D eigenvalue weighted by Gasteiger charge is -2.33. The Labute approximate surface area is 217 Å². The van der Waals surface area contributed by atoms with Gasteiger partial charge in [-0.15, -0.1) is 0 Å². The number of nitrogens with two attached hydrogens (primary N) is 1. The van der Waals surface area contributed by atoms with Crippen molar-refractivity contribution < 1.29 is 9.59 Å². The van der Waals surface area contributed by atoms with Crippen molar-refractivity contribution >= 4 is 23.9 Å². The number of piperidine rings is 1. The first-order valence-electron chi connectivity index (χ1n) is 12.7. The van der Waals surface area contributed by atoms with Gasteiger partial charge in [-0.05, 0) is 98.5 Å². The summed E-state index contributed by atoms with van der Waals surface area (Å²) in [5.41, 5.74) is 9.97. The summed E-state index contributed by atoms with van der Waals surface area (Å²) in [6, 6.07) is 14.9. The maximum absolute atomic E-state index is 10.9. The number of benzene rings is 2. The number of hydrogen-bond acceptors (Lipinski definition) is 3. The molecule has 2 aromatic carbocycles. The number of amides is 2. The Kier molecular flexibility index (Phi) is 15.0. The number of halogens is 1. The summed E-state index contributed by atoms with van der Waals surface area (Å²) in [5, 5.41) is 3.69. The highest BCUT2D eigenvalue weighted by atomic mass is 35.5. The Balaban J connectivity index is 0.000000422. The molecule has 5 nitrogen and oxygen atoms in total. The number of carbonyl (C=O) groups is 2. The van der Waals surface area contributed by atoms with Crippen LogP contribution in [0.25, 0.3) is 0 Å². The van der Waals surface area contributed by atoms with Crippen LogP contribution in [0.15, 0.2) is 42.5 Å². The number of hydrogen-bond donors (Lipinski definition) is 2. The molecular formula is C29H44ClN3O2. The highest BCUT2D eigenvalue weighted by molar-refractivity contribution is 6.30. The number of rotatable bonds is 7. The fourth-order valence-electron chi connectivity index (χ4n) is 4.21. The van der Waals surface area contributed by atoms with Crippen molar-refractivity contribution in [3.05, 3.63) is 69.7 Å². The molecule has 0 bridgehead atoms. The molecule has 0 unspecified atom stereocenters. The summed E-state index contributed by atoms with van der Waals surface area (Å²) in [4.78, 5) is 22.0. The topological polar surface area (TPSA) is 75.4 Å². The van der Waals surface area contributed by atoms with E-state index in [1.54, 1.807) is 12.5 Å². The Bertz CT molecular complexity index is 876. The monoisotopic (exact) mass is 501 g/mol. The van der Waals surface area contributed by atoms with Crippen LogP contribution in [0.3, 0.4) is 0 Å². The summed E-state index contributed by atoms with van der Waals surface area (Å²) in [5.74, 6) is 1.38. The van der Waals surface area contributed by atoms with Crippen LogP contribution in [0.5, 0.6) is 0 Å². The summed E-state index contributed by atoms with van der Waals surface area (Å²) >= 11 is 5.67. The van der Waals surface area contributed by atoms with E-state index < -0.39 is 0 Å². The average molecular weight is 502 g/mol. The van der Waals surface area contributed by atoms with Crippen molar-refractivity contribution in [2.24, 2.45) is 5.73 Å². The van der Waals surface area contributed by atoms with Crippen LogP contribution >= 0.6 is 11.6 Å². The first kappa shape index (κ1) is 30.7. The van der Waals surface area contributed by atoms with E-state index in [4.69, 9.17) is 16.4 Å². The normalized spacial score (nSPS) is 13.8. The van der Waals surface area contributed by atoms with E-state index >= 15 is 0 Å². The zero-order chi connectivity index (χ0) is 26.2. The minimum Gasteiger partial charge on any atom is -0.372 e. The maximum atomic E-state index is 10.9. The molecule has 35 heavy (non-hydrogen) atoms. The van der Waals surface area contributed by atoms with Crippen LogP contribution in [-0.4, -0.2) is 43.4 Å². The lowest BCUT2D eigenvalue weighted by Crippen LogP contribution is -2.35. The fraction of sp³-hybridized carbons (Fsp3) is 0.517. The van der Waals surface area contributed by atoms with Crippen LogP contribution in [0.4, 0.5) is 0 Å². The van der Waals surface area contributed by atoms with Gasteiger partial charge in [0.15, 0.2) is 0 Å². The van der Waals surface area contributed by atoms with E-state index in [9.17, 15) is 4.79 Å². The number of aryl methyl sites for hydroxylation is 2. The van der Waals surface area contributed by atoms with E-state index in [1.807, 2.05) is 24.3 Å². The predicted molar refractivity (Wildman–Crippen MR) is 148 cm³/mol. The molecule has 1 heterocycles.